The summed E-state index contributed by atoms with van der Waals surface area (Å²) in [4.78, 5) is 14.2. The molecule has 0 bridgehead atoms. The molecule has 2 aliphatic rings. The van der Waals surface area contributed by atoms with Crippen molar-refractivity contribution < 1.29 is 9.53 Å². The van der Waals surface area contributed by atoms with Gasteiger partial charge in [0, 0.05) is 12.6 Å². The van der Waals surface area contributed by atoms with E-state index in [9.17, 15) is 4.79 Å². The quantitative estimate of drug-likeness (QED) is 0.842. The van der Waals surface area contributed by atoms with Crippen LogP contribution in [0.25, 0.3) is 0 Å². The SMILES string of the molecule is CC(C)(C)OC(=O)N(CC1CC1)[C@H]1CCC[C@H]1N. The Bertz CT molecular complexity index is 307. The van der Waals surface area contributed by atoms with Crippen molar-refractivity contribution in [2.45, 2.75) is 70.6 Å². The molecule has 2 saturated carbocycles. The molecule has 0 aliphatic heterocycles. The molecular formula is C14H26N2O2. The molecule has 2 rings (SSSR count). The molecule has 2 aliphatic carbocycles. The van der Waals surface area contributed by atoms with Gasteiger partial charge in [-0.2, -0.15) is 0 Å². The van der Waals surface area contributed by atoms with Gasteiger partial charge in [-0.1, -0.05) is 0 Å². The summed E-state index contributed by atoms with van der Waals surface area (Å²) >= 11 is 0. The zero-order chi connectivity index (χ0) is 13.3. The highest BCUT2D eigenvalue weighted by Gasteiger charge is 2.38. The maximum Gasteiger partial charge on any atom is 0.410 e. The highest BCUT2D eigenvalue weighted by molar-refractivity contribution is 5.68. The van der Waals surface area contributed by atoms with Gasteiger partial charge in [0.15, 0.2) is 0 Å². The molecule has 0 heterocycles. The van der Waals surface area contributed by atoms with E-state index in [0.29, 0.717) is 5.92 Å². The lowest BCUT2D eigenvalue weighted by atomic mass is 10.1. The molecule has 2 atom stereocenters. The average Bonchev–Trinajstić information content (AvgIpc) is 2.95. The molecule has 0 spiro atoms. The van der Waals surface area contributed by atoms with Crippen LogP contribution in [0.2, 0.25) is 0 Å². The summed E-state index contributed by atoms with van der Waals surface area (Å²) < 4.78 is 5.52. The van der Waals surface area contributed by atoms with E-state index in [1.807, 2.05) is 25.7 Å². The van der Waals surface area contributed by atoms with Crippen LogP contribution in [0.5, 0.6) is 0 Å². The van der Waals surface area contributed by atoms with E-state index in [-0.39, 0.29) is 18.2 Å². The van der Waals surface area contributed by atoms with Crippen LogP contribution in [0.1, 0.15) is 52.9 Å². The van der Waals surface area contributed by atoms with Gasteiger partial charge in [0.05, 0.1) is 6.04 Å². The number of nitrogens with zero attached hydrogens (tertiary/aromatic N) is 1. The van der Waals surface area contributed by atoms with Crippen molar-refractivity contribution in [2.24, 2.45) is 11.7 Å². The average molecular weight is 254 g/mol. The summed E-state index contributed by atoms with van der Waals surface area (Å²) in [5.41, 5.74) is 5.70. The standard InChI is InChI=1S/C14H26N2O2/c1-14(2,3)18-13(17)16(9-10-7-8-10)12-6-4-5-11(12)15/h10-12H,4-9,15H2,1-3H3/t11-,12+/m1/s1. The molecule has 104 valence electrons. The summed E-state index contributed by atoms with van der Waals surface area (Å²) in [6.07, 6.45) is 5.46. The van der Waals surface area contributed by atoms with Gasteiger partial charge in [-0.25, -0.2) is 4.79 Å². The number of rotatable bonds is 3. The monoisotopic (exact) mass is 254 g/mol. The number of ether oxygens (including phenoxy) is 1. The van der Waals surface area contributed by atoms with Crippen LogP contribution in [-0.4, -0.2) is 35.2 Å². The van der Waals surface area contributed by atoms with Crippen molar-refractivity contribution >= 4 is 6.09 Å². The lowest BCUT2D eigenvalue weighted by Gasteiger charge is -2.33. The van der Waals surface area contributed by atoms with E-state index in [1.165, 1.54) is 12.8 Å². The summed E-state index contributed by atoms with van der Waals surface area (Å²) in [6.45, 7) is 6.56. The molecular weight excluding hydrogens is 228 g/mol. The molecule has 0 radical (unpaired) electrons. The molecule has 0 aromatic carbocycles. The fraction of sp³-hybridized carbons (Fsp3) is 0.929. The minimum atomic E-state index is -0.429. The van der Waals surface area contributed by atoms with Gasteiger partial charge in [-0.3, -0.25) is 0 Å². The van der Waals surface area contributed by atoms with Gasteiger partial charge in [-0.05, 0) is 58.8 Å². The van der Waals surface area contributed by atoms with Crippen LogP contribution >= 0.6 is 0 Å². The Labute approximate surface area is 110 Å². The van der Waals surface area contributed by atoms with Crippen LogP contribution in [0, 0.1) is 5.92 Å². The van der Waals surface area contributed by atoms with Crippen LogP contribution in [-0.2, 0) is 4.74 Å². The zero-order valence-electron chi connectivity index (χ0n) is 11.8. The van der Waals surface area contributed by atoms with Crippen LogP contribution in [0.3, 0.4) is 0 Å². The van der Waals surface area contributed by atoms with Crippen molar-refractivity contribution in [3.05, 3.63) is 0 Å². The summed E-state index contributed by atoms with van der Waals surface area (Å²) in [5.74, 6) is 0.672. The fourth-order valence-electron chi connectivity index (χ4n) is 2.60. The zero-order valence-corrected chi connectivity index (χ0v) is 11.8. The third-order valence-electron chi connectivity index (χ3n) is 3.71. The van der Waals surface area contributed by atoms with E-state index >= 15 is 0 Å². The summed E-state index contributed by atoms with van der Waals surface area (Å²) in [6, 6.07) is 0.303. The Balaban J connectivity index is 2.01. The maximum absolute atomic E-state index is 12.3. The first-order valence-electron chi connectivity index (χ1n) is 7.12. The topological polar surface area (TPSA) is 55.6 Å². The second-order valence-corrected chi connectivity index (χ2v) is 6.74. The number of hydrogen-bond donors (Lipinski definition) is 1. The predicted molar refractivity (Wildman–Crippen MR) is 71.3 cm³/mol. The van der Waals surface area contributed by atoms with E-state index < -0.39 is 5.60 Å². The van der Waals surface area contributed by atoms with Crippen molar-refractivity contribution in [3.63, 3.8) is 0 Å². The first-order valence-corrected chi connectivity index (χ1v) is 7.12. The van der Waals surface area contributed by atoms with Crippen molar-refractivity contribution in [1.82, 2.24) is 4.90 Å². The highest BCUT2D eigenvalue weighted by Crippen LogP contribution is 2.33. The van der Waals surface area contributed by atoms with E-state index in [2.05, 4.69) is 0 Å². The minimum Gasteiger partial charge on any atom is -0.444 e. The molecule has 1 amide bonds. The third kappa shape index (κ3) is 3.61. The molecule has 0 aromatic heterocycles. The van der Waals surface area contributed by atoms with E-state index in [1.54, 1.807) is 0 Å². The first-order chi connectivity index (χ1) is 8.37. The molecule has 0 aromatic rings. The second-order valence-electron chi connectivity index (χ2n) is 6.74. The number of hydrogen-bond acceptors (Lipinski definition) is 3. The van der Waals surface area contributed by atoms with Gasteiger partial charge in [0.25, 0.3) is 0 Å². The van der Waals surface area contributed by atoms with Crippen LogP contribution in [0.15, 0.2) is 0 Å². The highest BCUT2D eigenvalue weighted by atomic mass is 16.6. The molecule has 18 heavy (non-hydrogen) atoms. The van der Waals surface area contributed by atoms with Gasteiger partial charge >= 0.3 is 6.09 Å². The number of carbonyl (C=O) groups excluding carboxylic acids is 1. The minimum absolute atomic E-state index is 0.122. The van der Waals surface area contributed by atoms with Gasteiger partial charge in [-0.15, -0.1) is 0 Å². The first kappa shape index (κ1) is 13.7. The molecule has 0 saturated heterocycles. The molecule has 0 unspecified atom stereocenters. The lowest BCUT2D eigenvalue weighted by Crippen LogP contribution is -2.50. The number of carbonyl (C=O) groups is 1. The Morgan fingerprint density at radius 2 is 1.94 bits per heavy atom. The third-order valence-corrected chi connectivity index (χ3v) is 3.71. The predicted octanol–water partition coefficient (Wildman–Crippen LogP) is 2.51. The maximum atomic E-state index is 12.3. The van der Waals surface area contributed by atoms with Gasteiger partial charge in [0.1, 0.15) is 5.60 Å². The Hall–Kier alpha value is -0.770. The smallest absolute Gasteiger partial charge is 0.410 e. The summed E-state index contributed by atoms with van der Waals surface area (Å²) in [7, 11) is 0. The second kappa shape index (κ2) is 5.08. The normalized spacial score (nSPS) is 28.2. The fourth-order valence-corrected chi connectivity index (χ4v) is 2.60. The van der Waals surface area contributed by atoms with E-state index in [0.717, 1.165) is 25.8 Å². The summed E-state index contributed by atoms with van der Waals surface area (Å²) in [5, 5.41) is 0. The number of amides is 1. The van der Waals surface area contributed by atoms with Crippen molar-refractivity contribution in [1.29, 1.82) is 0 Å². The van der Waals surface area contributed by atoms with E-state index in [4.69, 9.17) is 10.5 Å². The van der Waals surface area contributed by atoms with Crippen molar-refractivity contribution in [2.75, 3.05) is 6.54 Å². The molecule has 2 fully saturated rings. The molecule has 4 nitrogen and oxygen atoms in total. The largest absolute Gasteiger partial charge is 0.444 e. The molecule has 2 N–H and O–H groups in total. The molecule has 4 heteroatoms. The van der Waals surface area contributed by atoms with Crippen molar-refractivity contribution in [3.8, 4) is 0 Å². The Morgan fingerprint density at radius 1 is 1.28 bits per heavy atom. The number of nitrogens with two attached hydrogens (primary N) is 1. The van der Waals surface area contributed by atoms with Crippen LogP contribution < -0.4 is 5.73 Å². The van der Waals surface area contributed by atoms with Gasteiger partial charge in [0.2, 0.25) is 0 Å². The van der Waals surface area contributed by atoms with Gasteiger partial charge < -0.3 is 15.4 Å². The Morgan fingerprint density at radius 3 is 2.39 bits per heavy atom. The lowest BCUT2D eigenvalue weighted by molar-refractivity contribution is 0.0139. The van der Waals surface area contributed by atoms with Crippen LogP contribution in [0.4, 0.5) is 4.79 Å². The Kier molecular flexibility index (Phi) is 3.85.